The molecular weight excluding hydrogens is 505 g/mol. The van der Waals surface area contributed by atoms with E-state index in [9.17, 15) is 14.0 Å². The van der Waals surface area contributed by atoms with Crippen LogP contribution in [-0.4, -0.2) is 98.4 Å². The molecule has 1 spiro atoms. The molecule has 6 aliphatic rings. The number of carbonyl (C=O) groups is 2. The van der Waals surface area contributed by atoms with Crippen molar-refractivity contribution in [3.8, 4) is 0 Å². The van der Waals surface area contributed by atoms with Crippen molar-refractivity contribution >= 4 is 17.9 Å². The van der Waals surface area contributed by atoms with Gasteiger partial charge in [0.15, 0.2) is 0 Å². The van der Waals surface area contributed by atoms with Gasteiger partial charge in [-0.15, -0.1) is 0 Å². The number of piperidine rings is 2. The Morgan fingerprint density at radius 3 is 2.13 bits per heavy atom. The quantitative estimate of drug-likeness (QED) is 0.573. The van der Waals surface area contributed by atoms with E-state index >= 15 is 0 Å². The van der Waals surface area contributed by atoms with Gasteiger partial charge in [0.25, 0.3) is 0 Å². The highest BCUT2D eigenvalue weighted by atomic mass is 19.1. The van der Waals surface area contributed by atoms with Gasteiger partial charge in [-0.25, -0.2) is 14.0 Å². The zero-order chi connectivity index (χ0) is 26.6. The number of ether oxygens (including phenoxy) is 4. The van der Waals surface area contributed by atoms with Crippen LogP contribution in [-0.2, 0) is 24.4 Å². The summed E-state index contributed by atoms with van der Waals surface area (Å²) in [6.07, 6.45) is 6.34. The van der Waals surface area contributed by atoms with Gasteiger partial charge in [0, 0.05) is 42.9 Å². The van der Waals surface area contributed by atoms with Crippen LogP contribution in [0.3, 0.4) is 0 Å². The molecule has 1 aromatic carbocycles. The van der Waals surface area contributed by atoms with Crippen LogP contribution in [0.4, 0.5) is 19.7 Å². The highest BCUT2D eigenvalue weighted by molar-refractivity contribution is 5.91. The minimum absolute atomic E-state index is 0.115. The molecule has 0 saturated carbocycles. The summed E-state index contributed by atoms with van der Waals surface area (Å²) in [4.78, 5) is 32.4. The Morgan fingerprint density at radius 2 is 1.51 bits per heavy atom. The van der Waals surface area contributed by atoms with Crippen molar-refractivity contribution in [3.05, 3.63) is 29.6 Å². The first-order valence-corrected chi connectivity index (χ1v) is 14.7. The molecule has 212 valence electrons. The minimum Gasteiger partial charge on any atom is -0.444 e. The maximum absolute atomic E-state index is 14.4. The first kappa shape index (κ1) is 25.5. The van der Waals surface area contributed by atoms with Crippen LogP contribution in [0.25, 0.3) is 0 Å². The van der Waals surface area contributed by atoms with Crippen LogP contribution in [0.5, 0.6) is 0 Å². The lowest BCUT2D eigenvalue weighted by atomic mass is 9.73. The highest BCUT2D eigenvalue weighted by Gasteiger charge is 2.50. The first-order chi connectivity index (χ1) is 19.0. The molecule has 6 heterocycles. The summed E-state index contributed by atoms with van der Waals surface area (Å²) in [5, 5.41) is 0. The zero-order valence-corrected chi connectivity index (χ0v) is 22.4. The third-order valence-corrected chi connectivity index (χ3v) is 10.0. The van der Waals surface area contributed by atoms with Crippen molar-refractivity contribution in [2.75, 3.05) is 51.0 Å². The molecule has 39 heavy (non-hydrogen) atoms. The van der Waals surface area contributed by atoms with Crippen LogP contribution in [0.1, 0.15) is 56.9 Å². The van der Waals surface area contributed by atoms with E-state index in [-0.39, 0.29) is 47.7 Å². The minimum atomic E-state index is -0.363. The number of hydrogen-bond donors (Lipinski definition) is 0. The standard InChI is InChI=1S/C29H38FN3O6/c30-19-1-4-26-25(13-19)29(18-32(26)27(34)38-23-5-11-36-16-23)7-9-31(10-8-29)22-14-20-2-3-21(15-22)33(20)28(35)39-24-6-12-37-17-24/h1,4,13,20-24H,2-3,5-12,14-18H2/t20?,21?,22?,23-,24+/m1/s1. The van der Waals surface area contributed by atoms with E-state index in [0.717, 1.165) is 69.3 Å². The zero-order valence-electron chi connectivity index (χ0n) is 22.4. The molecule has 9 nitrogen and oxygen atoms in total. The predicted octanol–water partition coefficient (Wildman–Crippen LogP) is 3.83. The van der Waals surface area contributed by atoms with Gasteiger partial charge in [-0.3, -0.25) is 4.90 Å². The fourth-order valence-electron chi connectivity index (χ4n) is 7.91. The molecule has 5 saturated heterocycles. The van der Waals surface area contributed by atoms with E-state index in [1.807, 2.05) is 4.90 Å². The maximum Gasteiger partial charge on any atom is 0.414 e. The molecule has 2 unspecified atom stereocenters. The van der Waals surface area contributed by atoms with Crippen LogP contribution in [0.15, 0.2) is 18.2 Å². The summed E-state index contributed by atoms with van der Waals surface area (Å²) in [7, 11) is 0. The molecule has 6 aliphatic heterocycles. The summed E-state index contributed by atoms with van der Waals surface area (Å²) in [6.45, 7) is 4.51. The number of hydrogen-bond acceptors (Lipinski definition) is 7. The molecule has 4 atom stereocenters. The molecule has 10 heteroatoms. The second kappa shape index (κ2) is 10.2. The number of anilines is 1. The van der Waals surface area contributed by atoms with Gasteiger partial charge in [0.1, 0.15) is 18.0 Å². The number of fused-ring (bicyclic) bond motifs is 4. The van der Waals surface area contributed by atoms with E-state index in [1.165, 1.54) is 6.07 Å². The average Bonchev–Trinajstić information content (AvgIpc) is 3.73. The Balaban J connectivity index is 1.01. The third kappa shape index (κ3) is 4.68. The molecule has 0 N–H and O–H groups in total. The van der Waals surface area contributed by atoms with Crippen molar-refractivity contribution < 1.29 is 32.9 Å². The van der Waals surface area contributed by atoms with E-state index in [1.54, 1.807) is 17.0 Å². The van der Waals surface area contributed by atoms with Gasteiger partial charge in [-0.1, -0.05) is 0 Å². The molecule has 5 fully saturated rings. The maximum atomic E-state index is 14.4. The van der Waals surface area contributed by atoms with Crippen molar-refractivity contribution in [2.45, 2.75) is 87.1 Å². The second-order valence-corrected chi connectivity index (χ2v) is 12.2. The monoisotopic (exact) mass is 543 g/mol. The molecule has 7 rings (SSSR count). The van der Waals surface area contributed by atoms with Crippen LogP contribution in [0, 0.1) is 5.82 Å². The molecule has 0 aromatic heterocycles. The molecule has 2 amide bonds. The predicted molar refractivity (Wildman–Crippen MR) is 139 cm³/mol. The van der Waals surface area contributed by atoms with Gasteiger partial charge >= 0.3 is 12.2 Å². The lowest BCUT2D eigenvalue weighted by molar-refractivity contribution is 0.00963. The molecule has 2 bridgehead atoms. The Bertz CT molecular complexity index is 1080. The van der Waals surface area contributed by atoms with Crippen molar-refractivity contribution in [1.82, 2.24) is 9.80 Å². The lowest BCUT2D eigenvalue weighted by Crippen LogP contribution is -2.56. The van der Waals surface area contributed by atoms with Gasteiger partial charge in [0.05, 0.1) is 32.1 Å². The number of nitrogens with zero attached hydrogens (tertiary/aromatic N) is 3. The Kier molecular flexibility index (Phi) is 6.67. The average molecular weight is 544 g/mol. The largest absolute Gasteiger partial charge is 0.444 e. The van der Waals surface area contributed by atoms with E-state index < -0.39 is 0 Å². The number of halogens is 1. The normalized spacial score (nSPS) is 33.5. The van der Waals surface area contributed by atoms with Crippen LogP contribution >= 0.6 is 0 Å². The number of rotatable bonds is 3. The fraction of sp³-hybridized carbons (Fsp3) is 0.724. The molecule has 0 aliphatic carbocycles. The van der Waals surface area contributed by atoms with Crippen molar-refractivity contribution in [3.63, 3.8) is 0 Å². The van der Waals surface area contributed by atoms with E-state index in [2.05, 4.69) is 4.90 Å². The van der Waals surface area contributed by atoms with E-state index in [0.29, 0.717) is 45.4 Å². The summed E-state index contributed by atoms with van der Waals surface area (Å²) in [6, 6.07) is 5.66. The number of benzene rings is 1. The van der Waals surface area contributed by atoms with Gasteiger partial charge in [-0.2, -0.15) is 0 Å². The van der Waals surface area contributed by atoms with Gasteiger partial charge in [-0.05, 0) is 75.4 Å². The van der Waals surface area contributed by atoms with Crippen LogP contribution < -0.4 is 4.90 Å². The van der Waals surface area contributed by atoms with E-state index in [4.69, 9.17) is 18.9 Å². The van der Waals surface area contributed by atoms with Crippen molar-refractivity contribution in [1.29, 1.82) is 0 Å². The summed E-state index contributed by atoms with van der Waals surface area (Å²) < 4.78 is 36.7. The molecular formula is C29H38FN3O6. The number of amides is 2. The Labute approximate surface area is 228 Å². The highest BCUT2D eigenvalue weighted by Crippen LogP contribution is 2.49. The summed E-state index contributed by atoms with van der Waals surface area (Å²) in [5.74, 6) is -0.269. The molecule has 0 radical (unpaired) electrons. The van der Waals surface area contributed by atoms with Crippen molar-refractivity contribution in [2.24, 2.45) is 0 Å². The smallest absolute Gasteiger partial charge is 0.414 e. The second-order valence-electron chi connectivity index (χ2n) is 12.2. The number of likely N-dealkylation sites (tertiary alicyclic amines) is 1. The third-order valence-electron chi connectivity index (χ3n) is 10.0. The lowest BCUT2D eigenvalue weighted by Gasteiger charge is -2.47. The SMILES string of the molecule is O=C(O[C@@H]1CCOC1)N1CC2(CCN(C3CC4CCC(C3)N4C(=O)O[C@H]3CCOC3)CC2)c2cc(F)ccc21. The van der Waals surface area contributed by atoms with Crippen LogP contribution in [0.2, 0.25) is 0 Å². The van der Waals surface area contributed by atoms with Gasteiger partial charge < -0.3 is 28.7 Å². The summed E-state index contributed by atoms with van der Waals surface area (Å²) >= 11 is 0. The molecule has 1 aromatic rings. The first-order valence-electron chi connectivity index (χ1n) is 14.7. The topological polar surface area (TPSA) is 80.8 Å². The fourth-order valence-corrected chi connectivity index (χ4v) is 7.91. The number of carbonyl (C=O) groups excluding carboxylic acids is 2. The van der Waals surface area contributed by atoms with Gasteiger partial charge in [0.2, 0.25) is 0 Å². The Morgan fingerprint density at radius 1 is 0.872 bits per heavy atom. The summed E-state index contributed by atoms with van der Waals surface area (Å²) in [5.41, 5.74) is 1.42. The Hall–Kier alpha value is -2.43.